The first-order chi connectivity index (χ1) is 14.7. The molecule has 2 aromatic carbocycles. The van der Waals surface area contributed by atoms with Gasteiger partial charge in [0.05, 0.1) is 29.6 Å². The minimum Gasteiger partial charge on any atom is -0.379 e. The quantitative estimate of drug-likeness (QED) is 0.697. The van der Waals surface area contributed by atoms with Crippen molar-refractivity contribution in [1.82, 2.24) is 4.31 Å². The number of amides is 1. The minimum absolute atomic E-state index is 0.219. The maximum Gasteiger partial charge on any atom is 0.248 e. The van der Waals surface area contributed by atoms with Crippen LogP contribution in [0.25, 0.3) is 6.08 Å². The van der Waals surface area contributed by atoms with Crippen LogP contribution in [-0.4, -0.2) is 44.9 Å². The summed E-state index contributed by atoms with van der Waals surface area (Å²) in [7, 11) is -3.54. The molecule has 0 aromatic heterocycles. The van der Waals surface area contributed by atoms with Gasteiger partial charge in [-0.15, -0.1) is 0 Å². The third kappa shape index (κ3) is 5.58. The zero-order valence-corrected chi connectivity index (χ0v) is 18.4. The number of benzene rings is 2. The van der Waals surface area contributed by atoms with Gasteiger partial charge >= 0.3 is 0 Å². The van der Waals surface area contributed by atoms with Crippen molar-refractivity contribution in [3.8, 4) is 6.07 Å². The van der Waals surface area contributed by atoms with E-state index in [0.29, 0.717) is 37.6 Å². The van der Waals surface area contributed by atoms with E-state index in [9.17, 15) is 18.5 Å². The van der Waals surface area contributed by atoms with E-state index in [1.165, 1.54) is 22.5 Å². The van der Waals surface area contributed by atoms with Gasteiger partial charge in [-0.05, 0) is 55.3 Å². The Balaban J connectivity index is 1.61. The highest BCUT2D eigenvalue weighted by molar-refractivity contribution is 7.89. The molecule has 3 rings (SSSR count). The Morgan fingerprint density at radius 2 is 1.71 bits per heavy atom. The molecule has 0 saturated carbocycles. The average molecular weight is 440 g/mol. The molecule has 0 atom stereocenters. The molecule has 162 valence electrons. The third-order valence-corrected chi connectivity index (χ3v) is 6.98. The van der Waals surface area contributed by atoms with Gasteiger partial charge in [0, 0.05) is 24.9 Å². The molecule has 0 unspecified atom stereocenters. The van der Waals surface area contributed by atoms with Crippen LogP contribution in [0.4, 0.5) is 5.69 Å². The summed E-state index contributed by atoms with van der Waals surface area (Å²) in [5, 5.41) is 12.0. The molecular weight excluding hydrogens is 414 g/mol. The van der Waals surface area contributed by atoms with Crippen LogP contribution in [0.5, 0.6) is 0 Å². The first kappa shape index (κ1) is 22.7. The fourth-order valence-corrected chi connectivity index (χ4v) is 4.49. The average Bonchev–Trinajstić information content (AvgIpc) is 2.79. The van der Waals surface area contributed by atoms with Gasteiger partial charge in [0.2, 0.25) is 15.9 Å². The maximum atomic E-state index is 12.6. The number of rotatable bonds is 6. The van der Waals surface area contributed by atoms with E-state index < -0.39 is 15.4 Å². The first-order valence-corrected chi connectivity index (χ1v) is 11.4. The number of nitrogens with zero attached hydrogens (tertiary/aromatic N) is 2. The van der Waals surface area contributed by atoms with Crippen LogP contribution in [0.1, 0.15) is 25.0 Å². The van der Waals surface area contributed by atoms with Gasteiger partial charge in [0.15, 0.2) is 0 Å². The van der Waals surface area contributed by atoms with Crippen LogP contribution in [0.2, 0.25) is 0 Å². The van der Waals surface area contributed by atoms with Crippen LogP contribution < -0.4 is 5.32 Å². The number of sulfonamides is 1. The van der Waals surface area contributed by atoms with E-state index in [1.807, 2.05) is 26.0 Å². The number of anilines is 1. The van der Waals surface area contributed by atoms with E-state index in [-0.39, 0.29) is 10.8 Å². The fourth-order valence-electron chi connectivity index (χ4n) is 3.08. The highest BCUT2D eigenvalue weighted by Crippen LogP contribution is 2.23. The monoisotopic (exact) mass is 439 g/mol. The van der Waals surface area contributed by atoms with Gasteiger partial charge in [-0.2, -0.15) is 9.57 Å². The van der Waals surface area contributed by atoms with E-state index in [0.717, 1.165) is 5.56 Å². The first-order valence-electron chi connectivity index (χ1n) is 9.91. The summed E-state index contributed by atoms with van der Waals surface area (Å²) in [6.45, 7) is 5.15. The lowest BCUT2D eigenvalue weighted by Crippen LogP contribution is -2.40. The molecule has 0 spiro atoms. The highest BCUT2D eigenvalue weighted by Gasteiger charge is 2.26. The Kier molecular flexibility index (Phi) is 6.91. The maximum absolute atomic E-state index is 12.6. The van der Waals surface area contributed by atoms with E-state index in [1.54, 1.807) is 30.3 Å². The summed E-state index contributed by atoms with van der Waals surface area (Å²) in [4.78, 5) is 12.4. The van der Waals surface area contributed by atoms with Crippen molar-refractivity contribution in [3.63, 3.8) is 0 Å². The van der Waals surface area contributed by atoms with Crippen LogP contribution in [0, 0.1) is 11.3 Å². The molecule has 0 bridgehead atoms. The Bertz CT molecular complexity index is 1090. The van der Waals surface area contributed by atoms with Gasteiger partial charge in [0.1, 0.15) is 0 Å². The van der Waals surface area contributed by atoms with Gasteiger partial charge in [-0.3, -0.25) is 4.79 Å². The normalized spacial score (nSPS) is 15.5. The molecule has 1 saturated heterocycles. The molecule has 0 aliphatic carbocycles. The van der Waals surface area contributed by atoms with Gasteiger partial charge in [0.25, 0.3) is 0 Å². The molecule has 8 heteroatoms. The standard InChI is InChI=1S/C23H25N3O4S/c1-23(2,17-24)19-6-8-20(9-7-19)25-22(27)12-5-18-3-10-21(11-4-18)31(28,29)26-13-15-30-16-14-26/h3-12H,13-16H2,1-2H3,(H,25,27)/b12-5+. The lowest BCUT2D eigenvalue weighted by Gasteiger charge is -2.26. The van der Waals surface area contributed by atoms with Gasteiger partial charge < -0.3 is 10.1 Å². The smallest absolute Gasteiger partial charge is 0.248 e. The molecule has 0 radical (unpaired) electrons. The number of nitrogens with one attached hydrogen (secondary N) is 1. The predicted octanol–water partition coefficient (Wildman–Crippen LogP) is 3.16. The van der Waals surface area contributed by atoms with E-state index in [2.05, 4.69) is 11.4 Å². The lowest BCUT2D eigenvalue weighted by atomic mass is 9.86. The summed E-state index contributed by atoms with van der Waals surface area (Å²) in [5.74, 6) is -0.308. The number of ether oxygens (including phenoxy) is 1. The Morgan fingerprint density at radius 3 is 2.29 bits per heavy atom. The number of nitriles is 1. The molecular formula is C23H25N3O4S. The molecule has 1 aliphatic rings. The molecule has 31 heavy (non-hydrogen) atoms. The molecule has 1 N–H and O–H groups in total. The Hall–Kier alpha value is -2.99. The summed E-state index contributed by atoms with van der Waals surface area (Å²) < 4.78 is 31.9. The second-order valence-corrected chi connectivity index (χ2v) is 9.66. The van der Waals surface area contributed by atoms with E-state index in [4.69, 9.17) is 4.74 Å². The van der Waals surface area contributed by atoms with Crippen LogP contribution in [0.3, 0.4) is 0 Å². The third-order valence-electron chi connectivity index (χ3n) is 5.07. The van der Waals surface area contributed by atoms with Crippen LogP contribution in [-0.2, 0) is 25.0 Å². The minimum atomic E-state index is -3.54. The molecule has 1 heterocycles. The van der Waals surface area contributed by atoms with Crippen molar-refractivity contribution in [1.29, 1.82) is 5.26 Å². The number of carbonyl (C=O) groups is 1. The van der Waals surface area contributed by atoms with Crippen molar-refractivity contribution in [2.24, 2.45) is 0 Å². The highest BCUT2D eigenvalue weighted by atomic mass is 32.2. The number of hydrogen-bond acceptors (Lipinski definition) is 5. The van der Waals surface area contributed by atoms with Gasteiger partial charge in [-0.1, -0.05) is 24.3 Å². The summed E-state index contributed by atoms with van der Waals surface area (Å²) in [6, 6.07) is 15.8. The summed E-state index contributed by atoms with van der Waals surface area (Å²) in [5.41, 5.74) is 1.61. The Labute approximate surface area is 183 Å². The van der Waals surface area contributed by atoms with Crippen molar-refractivity contribution in [3.05, 3.63) is 65.7 Å². The Morgan fingerprint density at radius 1 is 1.10 bits per heavy atom. The second kappa shape index (κ2) is 9.43. The van der Waals surface area contributed by atoms with Crippen molar-refractivity contribution < 1.29 is 17.9 Å². The zero-order valence-electron chi connectivity index (χ0n) is 17.5. The van der Waals surface area contributed by atoms with E-state index >= 15 is 0 Å². The molecule has 2 aromatic rings. The SMILES string of the molecule is CC(C)(C#N)c1ccc(NC(=O)/C=C/c2ccc(S(=O)(=O)N3CCOCC3)cc2)cc1. The second-order valence-electron chi connectivity index (χ2n) is 7.72. The summed E-state index contributed by atoms with van der Waals surface area (Å²) >= 11 is 0. The lowest BCUT2D eigenvalue weighted by molar-refractivity contribution is -0.111. The van der Waals surface area contributed by atoms with Crippen LogP contribution >= 0.6 is 0 Å². The molecule has 7 nitrogen and oxygen atoms in total. The number of carbonyl (C=O) groups excluding carboxylic acids is 1. The number of hydrogen-bond donors (Lipinski definition) is 1. The van der Waals surface area contributed by atoms with Gasteiger partial charge in [-0.25, -0.2) is 8.42 Å². The molecule has 1 aliphatic heterocycles. The van der Waals surface area contributed by atoms with Crippen molar-refractivity contribution in [2.75, 3.05) is 31.6 Å². The topological polar surface area (TPSA) is 99.5 Å². The number of morpholine rings is 1. The summed E-state index contributed by atoms with van der Waals surface area (Å²) in [6.07, 6.45) is 3.01. The predicted molar refractivity (Wildman–Crippen MR) is 119 cm³/mol. The van der Waals surface area contributed by atoms with Crippen molar-refractivity contribution >= 4 is 27.7 Å². The fraction of sp³-hybridized carbons (Fsp3) is 0.304. The molecule has 1 fully saturated rings. The van der Waals surface area contributed by atoms with Crippen LogP contribution in [0.15, 0.2) is 59.5 Å². The zero-order chi connectivity index (χ0) is 22.5. The molecule has 1 amide bonds. The van der Waals surface area contributed by atoms with Crippen molar-refractivity contribution in [2.45, 2.75) is 24.2 Å². The largest absolute Gasteiger partial charge is 0.379 e.